The first-order valence-electron chi connectivity index (χ1n) is 5.58. The van der Waals surface area contributed by atoms with Gasteiger partial charge in [-0.25, -0.2) is 9.78 Å². The van der Waals surface area contributed by atoms with Crippen LogP contribution in [0.15, 0.2) is 18.7 Å². The van der Waals surface area contributed by atoms with Crippen LogP contribution in [0.1, 0.15) is 26.2 Å². The van der Waals surface area contributed by atoms with E-state index in [-0.39, 0.29) is 6.03 Å². The van der Waals surface area contributed by atoms with Crippen molar-refractivity contribution in [3.63, 3.8) is 0 Å². The van der Waals surface area contributed by atoms with E-state index >= 15 is 0 Å². The molecule has 0 aromatic carbocycles. The Hall–Kier alpha value is -1.32. The molecule has 0 bridgehead atoms. The minimum absolute atomic E-state index is 0.0612. The van der Waals surface area contributed by atoms with Crippen molar-refractivity contribution in [3.8, 4) is 0 Å². The lowest BCUT2D eigenvalue weighted by Crippen LogP contribution is -2.32. The van der Waals surface area contributed by atoms with Crippen LogP contribution in [0, 0.1) is 5.92 Å². The van der Waals surface area contributed by atoms with Gasteiger partial charge < -0.3 is 4.90 Å². The Morgan fingerprint density at radius 3 is 3.13 bits per heavy atom. The molecular formula is C11H17N3O. The quantitative estimate of drug-likeness (QED) is 0.743. The Morgan fingerprint density at radius 2 is 2.47 bits per heavy atom. The summed E-state index contributed by atoms with van der Waals surface area (Å²) in [6, 6.07) is 0.0612. The molecule has 0 N–H and O–H groups in total. The van der Waals surface area contributed by atoms with Crippen LogP contribution in [0.4, 0.5) is 4.79 Å². The van der Waals surface area contributed by atoms with Gasteiger partial charge in [-0.05, 0) is 18.8 Å². The molecule has 1 fully saturated rings. The Kier molecular flexibility index (Phi) is 3.04. The predicted molar refractivity (Wildman–Crippen MR) is 57.6 cm³/mol. The van der Waals surface area contributed by atoms with Crippen LogP contribution in [0.5, 0.6) is 0 Å². The molecule has 1 amide bonds. The fraction of sp³-hybridized carbons (Fsp3) is 0.636. The maximum absolute atomic E-state index is 11.9. The van der Waals surface area contributed by atoms with E-state index in [0.717, 1.165) is 19.5 Å². The standard InChI is InChI=1S/C11H17N3O/c1-2-3-10-4-6-13(8-10)11(15)14-7-5-12-9-14/h5,7,9-10H,2-4,6,8H2,1H3. The molecule has 1 unspecified atom stereocenters. The summed E-state index contributed by atoms with van der Waals surface area (Å²) in [5, 5.41) is 0. The zero-order chi connectivity index (χ0) is 10.7. The molecule has 1 aromatic rings. The van der Waals surface area contributed by atoms with E-state index < -0.39 is 0 Å². The summed E-state index contributed by atoms with van der Waals surface area (Å²) < 4.78 is 1.55. The van der Waals surface area contributed by atoms with E-state index in [9.17, 15) is 4.79 Å². The zero-order valence-electron chi connectivity index (χ0n) is 9.09. The van der Waals surface area contributed by atoms with Gasteiger partial charge in [0.05, 0.1) is 0 Å². The van der Waals surface area contributed by atoms with E-state index in [1.807, 2.05) is 4.90 Å². The van der Waals surface area contributed by atoms with E-state index in [1.54, 1.807) is 23.3 Å². The summed E-state index contributed by atoms with van der Waals surface area (Å²) in [6.07, 6.45) is 8.49. The Labute approximate surface area is 89.9 Å². The molecule has 1 aliphatic heterocycles. The van der Waals surface area contributed by atoms with Gasteiger partial charge in [-0.3, -0.25) is 4.57 Å². The highest BCUT2D eigenvalue weighted by Crippen LogP contribution is 2.21. The molecule has 4 heteroatoms. The van der Waals surface area contributed by atoms with Gasteiger partial charge in [0.2, 0.25) is 0 Å². The lowest BCUT2D eigenvalue weighted by atomic mass is 10.0. The number of imidazole rings is 1. The molecule has 1 aromatic heterocycles. The lowest BCUT2D eigenvalue weighted by molar-refractivity contribution is 0.208. The molecule has 4 nitrogen and oxygen atoms in total. The van der Waals surface area contributed by atoms with E-state index in [0.29, 0.717) is 5.92 Å². The number of nitrogens with zero attached hydrogens (tertiary/aromatic N) is 3. The third-order valence-electron chi connectivity index (χ3n) is 2.98. The molecule has 82 valence electrons. The first-order valence-corrected chi connectivity index (χ1v) is 5.58. The Balaban J connectivity index is 1.93. The number of aromatic nitrogens is 2. The molecule has 0 saturated carbocycles. The van der Waals surface area contributed by atoms with Crippen molar-refractivity contribution in [2.75, 3.05) is 13.1 Å². The maximum Gasteiger partial charge on any atom is 0.329 e. The van der Waals surface area contributed by atoms with Gasteiger partial charge in [-0.15, -0.1) is 0 Å². The fourth-order valence-corrected chi connectivity index (χ4v) is 2.19. The summed E-state index contributed by atoms with van der Waals surface area (Å²) >= 11 is 0. The minimum atomic E-state index is 0.0612. The van der Waals surface area contributed by atoms with Crippen molar-refractivity contribution in [2.45, 2.75) is 26.2 Å². The van der Waals surface area contributed by atoms with Crippen LogP contribution < -0.4 is 0 Å². The molecule has 0 spiro atoms. The molecular weight excluding hydrogens is 190 g/mol. The molecule has 15 heavy (non-hydrogen) atoms. The fourth-order valence-electron chi connectivity index (χ4n) is 2.19. The average Bonchev–Trinajstić information content (AvgIpc) is 2.87. The van der Waals surface area contributed by atoms with Crippen molar-refractivity contribution in [2.24, 2.45) is 5.92 Å². The van der Waals surface area contributed by atoms with Crippen molar-refractivity contribution in [3.05, 3.63) is 18.7 Å². The average molecular weight is 207 g/mol. The predicted octanol–water partition coefficient (Wildman–Crippen LogP) is 1.97. The van der Waals surface area contributed by atoms with Crippen molar-refractivity contribution < 1.29 is 4.79 Å². The highest BCUT2D eigenvalue weighted by Gasteiger charge is 2.25. The third-order valence-corrected chi connectivity index (χ3v) is 2.98. The number of amides is 1. The van der Waals surface area contributed by atoms with Crippen LogP contribution in [0.3, 0.4) is 0 Å². The lowest BCUT2D eigenvalue weighted by Gasteiger charge is -2.16. The number of hydrogen-bond acceptors (Lipinski definition) is 2. The minimum Gasteiger partial charge on any atom is -0.324 e. The van der Waals surface area contributed by atoms with Crippen molar-refractivity contribution >= 4 is 6.03 Å². The smallest absolute Gasteiger partial charge is 0.324 e. The highest BCUT2D eigenvalue weighted by molar-refractivity contribution is 5.76. The van der Waals surface area contributed by atoms with Crippen LogP contribution >= 0.6 is 0 Å². The summed E-state index contributed by atoms with van der Waals surface area (Å²) in [4.78, 5) is 17.7. The highest BCUT2D eigenvalue weighted by atomic mass is 16.2. The number of rotatable bonds is 2. The molecule has 2 heterocycles. The number of carbonyl (C=O) groups is 1. The topological polar surface area (TPSA) is 38.1 Å². The molecule has 0 aliphatic carbocycles. The van der Waals surface area contributed by atoms with E-state index in [4.69, 9.17) is 0 Å². The van der Waals surface area contributed by atoms with Crippen molar-refractivity contribution in [1.29, 1.82) is 0 Å². The SMILES string of the molecule is CCCC1CCN(C(=O)n2ccnc2)C1. The largest absolute Gasteiger partial charge is 0.329 e. The second-order valence-electron chi connectivity index (χ2n) is 4.14. The monoisotopic (exact) mass is 207 g/mol. The Bertz CT molecular complexity index is 321. The van der Waals surface area contributed by atoms with Gasteiger partial charge in [0, 0.05) is 25.5 Å². The summed E-state index contributed by atoms with van der Waals surface area (Å²) in [5.74, 6) is 0.697. The van der Waals surface area contributed by atoms with E-state index in [2.05, 4.69) is 11.9 Å². The van der Waals surface area contributed by atoms with Gasteiger partial charge in [0.1, 0.15) is 6.33 Å². The molecule has 1 saturated heterocycles. The molecule has 0 radical (unpaired) electrons. The summed E-state index contributed by atoms with van der Waals surface area (Å²) in [5.41, 5.74) is 0. The Morgan fingerprint density at radius 1 is 1.60 bits per heavy atom. The molecule has 1 aliphatic rings. The molecule has 2 rings (SSSR count). The maximum atomic E-state index is 11.9. The first kappa shape index (κ1) is 10.2. The number of hydrogen-bond donors (Lipinski definition) is 0. The van der Waals surface area contributed by atoms with Crippen molar-refractivity contribution in [1.82, 2.24) is 14.5 Å². The second-order valence-corrected chi connectivity index (χ2v) is 4.14. The third kappa shape index (κ3) is 2.19. The van der Waals surface area contributed by atoms with Gasteiger partial charge in [-0.1, -0.05) is 13.3 Å². The summed E-state index contributed by atoms with van der Waals surface area (Å²) in [7, 11) is 0. The van der Waals surface area contributed by atoms with Crippen LogP contribution in [0.2, 0.25) is 0 Å². The zero-order valence-corrected chi connectivity index (χ0v) is 9.09. The van der Waals surface area contributed by atoms with Gasteiger partial charge in [0.25, 0.3) is 0 Å². The van der Waals surface area contributed by atoms with Gasteiger partial charge >= 0.3 is 6.03 Å². The van der Waals surface area contributed by atoms with Crippen LogP contribution in [-0.2, 0) is 0 Å². The normalized spacial score (nSPS) is 20.9. The summed E-state index contributed by atoms with van der Waals surface area (Å²) in [6.45, 7) is 3.99. The molecule has 1 atom stereocenters. The van der Waals surface area contributed by atoms with Gasteiger partial charge in [0.15, 0.2) is 0 Å². The number of likely N-dealkylation sites (tertiary alicyclic amines) is 1. The van der Waals surface area contributed by atoms with Crippen LogP contribution in [-0.4, -0.2) is 33.6 Å². The van der Waals surface area contributed by atoms with Gasteiger partial charge in [-0.2, -0.15) is 0 Å². The van der Waals surface area contributed by atoms with Crippen LogP contribution in [0.25, 0.3) is 0 Å². The first-order chi connectivity index (χ1) is 7.31. The van der Waals surface area contributed by atoms with E-state index in [1.165, 1.54) is 12.8 Å². The second kappa shape index (κ2) is 4.47. The number of carbonyl (C=O) groups excluding carboxylic acids is 1.